The molecule has 0 spiro atoms. The number of hydrogen-bond acceptors (Lipinski definition) is 2. The molecular weight excluding hydrogens is 287 g/mol. The normalized spacial score (nSPS) is 26.2. The summed E-state index contributed by atoms with van der Waals surface area (Å²) < 4.78 is 0. The second-order valence-electron chi connectivity index (χ2n) is 2.81. The van der Waals surface area contributed by atoms with Gasteiger partial charge in [-0.2, -0.15) is 0 Å². The highest BCUT2D eigenvalue weighted by Gasteiger charge is 2.32. The molecule has 0 amide bonds. The number of allylic oxidation sites excluding steroid dienone is 1. The topological polar surface area (TPSA) is 74.6 Å². The van der Waals surface area contributed by atoms with Gasteiger partial charge in [0.1, 0.15) is 0 Å². The summed E-state index contributed by atoms with van der Waals surface area (Å²) in [6.07, 6.45) is 4.26. The van der Waals surface area contributed by atoms with Crippen molar-refractivity contribution in [2.75, 3.05) is 0 Å². The van der Waals surface area contributed by atoms with Crippen LogP contribution in [0.15, 0.2) is 12.2 Å². The third kappa shape index (κ3) is 2.98. The smallest absolute Gasteiger partial charge is 0.311 e. The fourth-order valence-electron chi connectivity index (χ4n) is 1.36. The van der Waals surface area contributed by atoms with Crippen LogP contribution >= 0.6 is 24.0 Å². The Bertz CT molecular complexity index is 236. The van der Waals surface area contributed by atoms with Crippen LogP contribution < -0.4 is 0 Å². The Morgan fingerprint density at radius 2 is 1.85 bits per heavy atom. The summed E-state index contributed by atoms with van der Waals surface area (Å²) in [5.74, 6) is -3.69. The van der Waals surface area contributed by atoms with E-state index in [0.29, 0.717) is 12.8 Å². The van der Waals surface area contributed by atoms with Gasteiger partial charge in [0.25, 0.3) is 0 Å². The van der Waals surface area contributed by atoms with E-state index in [0.717, 1.165) is 0 Å². The lowest BCUT2D eigenvalue weighted by Crippen LogP contribution is -2.30. The maximum Gasteiger partial charge on any atom is 0.311 e. The molecule has 4 nitrogen and oxygen atoms in total. The molecule has 0 aromatic carbocycles. The Balaban J connectivity index is 0.00000144. The van der Waals surface area contributed by atoms with Crippen molar-refractivity contribution in [2.45, 2.75) is 12.8 Å². The van der Waals surface area contributed by atoms with Gasteiger partial charge in [-0.3, -0.25) is 9.59 Å². The monoisotopic (exact) mass is 298 g/mol. The molecule has 2 atom stereocenters. The first-order valence-electron chi connectivity index (χ1n) is 3.75. The van der Waals surface area contributed by atoms with Crippen LogP contribution in [0.2, 0.25) is 0 Å². The fraction of sp³-hybridized carbons (Fsp3) is 0.500. The summed E-state index contributed by atoms with van der Waals surface area (Å²) in [5, 5.41) is 17.3. The van der Waals surface area contributed by atoms with E-state index in [1.54, 1.807) is 6.08 Å². The van der Waals surface area contributed by atoms with E-state index >= 15 is 0 Å². The van der Waals surface area contributed by atoms with Crippen molar-refractivity contribution in [1.82, 2.24) is 0 Å². The predicted molar refractivity (Wildman–Crippen MR) is 56.0 cm³/mol. The lowest BCUT2D eigenvalue weighted by atomic mass is 9.84. The van der Waals surface area contributed by atoms with Crippen LogP contribution in [-0.4, -0.2) is 22.2 Å². The SMILES string of the molecule is I.O=C(O)C1C=CCCC1C(=O)O. The Morgan fingerprint density at radius 3 is 2.23 bits per heavy atom. The number of carboxylic acids is 2. The van der Waals surface area contributed by atoms with Crippen LogP contribution in [0.25, 0.3) is 0 Å². The third-order valence-corrected chi connectivity index (χ3v) is 2.02. The van der Waals surface area contributed by atoms with Crippen LogP contribution in [-0.2, 0) is 9.59 Å². The van der Waals surface area contributed by atoms with Crippen LogP contribution in [0, 0.1) is 11.8 Å². The second kappa shape index (κ2) is 5.21. The number of aliphatic carboxylic acids is 2. The van der Waals surface area contributed by atoms with Gasteiger partial charge in [-0.05, 0) is 12.8 Å². The lowest BCUT2D eigenvalue weighted by Gasteiger charge is -2.19. The van der Waals surface area contributed by atoms with Gasteiger partial charge in [-0.25, -0.2) is 0 Å². The van der Waals surface area contributed by atoms with Crippen molar-refractivity contribution < 1.29 is 19.8 Å². The van der Waals surface area contributed by atoms with Crippen LogP contribution in [0.3, 0.4) is 0 Å². The summed E-state index contributed by atoms with van der Waals surface area (Å²) in [4.78, 5) is 21.1. The van der Waals surface area contributed by atoms with Crippen LogP contribution in [0.4, 0.5) is 0 Å². The van der Waals surface area contributed by atoms with Gasteiger partial charge in [0.05, 0.1) is 11.8 Å². The van der Waals surface area contributed by atoms with E-state index in [2.05, 4.69) is 0 Å². The fourth-order valence-corrected chi connectivity index (χ4v) is 1.36. The van der Waals surface area contributed by atoms with Gasteiger partial charge >= 0.3 is 11.9 Å². The molecule has 0 aliphatic heterocycles. The Hall–Kier alpha value is -0.590. The molecular formula is C8H11IO4. The van der Waals surface area contributed by atoms with Gasteiger partial charge < -0.3 is 10.2 Å². The van der Waals surface area contributed by atoms with Crippen molar-refractivity contribution in [1.29, 1.82) is 0 Å². The van der Waals surface area contributed by atoms with E-state index < -0.39 is 23.8 Å². The molecule has 0 saturated heterocycles. The molecule has 2 N–H and O–H groups in total. The molecule has 0 bridgehead atoms. The first-order valence-corrected chi connectivity index (χ1v) is 3.75. The minimum absolute atomic E-state index is 0. The average molecular weight is 298 g/mol. The zero-order valence-electron chi connectivity index (χ0n) is 6.84. The van der Waals surface area contributed by atoms with E-state index in [-0.39, 0.29) is 24.0 Å². The van der Waals surface area contributed by atoms with Gasteiger partial charge in [0.15, 0.2) is 0 Å². The molecule has 0 radical (unpaired) electrons. The molecule has 0 fully saturated rings. The summed E-state index contributed by atoms with van der Waals surface area (Å²) in [7, 11) is 0. The van der Waals surface area contributed by atoms with Gasteiger partial charge in [-0.15, -0.1) is 24.0 Å². The average Bonchev–Trinajstić information content (AvgIpc) is 2.04. The molecule has 1 aliphatic rings. The molecule has 5 heteroatoms. The first-order chi connectivity index (χ1) is 5.63. The molecule has 74 valence electrons. The van der Waals surface area contributed by atoms with Crippen LogP contribution in [0.1, 0.15) is 12.8 Å². The molecule has 0 saturated carbocycles. The molecule has 0 aromatic rings. The highest BCUT2D eigenvalue weighted by molar-refractivity contribution is 14.0. The minimum atomic E-state index is -1.06. The van der Waals surface area contributed by atoms with E-state index in [1.807, 2.05) is 0 Å². The van der Waals surface area contributed by atoms with E-state index in [4.69, 9.17) is 10.2 Å². The number of carboxylic acid groups (broad SMARTS) is 2. The number of rotatable bonds is 2. The summed E-state index contributed by atoms with van der Waals surface area (Å²) >= 11 is 0. The van der Waals surface area contributed by atoms with Gasteiger partial charge in [0.2, 0.25) is 0 Å². The van der Waals surface area contributed by atoms with Crippen molar-refractivity contribution in [3.63, 3.8) is 0 Å². The van der Waals surface area contributed by atoms with Crippen molar-refractivity contribution in [3.8, 4) is 0 Å². The van der Waals surface area contributed by atoms with Crippen molar-refractivity contribution >= 4 is 35.9 Å². The predicted octanol–water partition coefficient (Wildman–Crippen LogP) is 1.36. The molecule has 0 heterocycles. The molecule has 2 unspecified atom stereocenters. The number of hydrogen-bond donors (Lipinski definition) is 2. The summed E-state index contributed by atoms with van der Waals surface area (Å²) in [6.45, 7) is 0. The molecule has 0 aromatic heterocycles. The largest absolute Gasteiger partial charge is 0.481 e. The maximum absolute atomic E-state index is 10.6. The zero-order chi connectivity index (χ0) is 9.14. The highest BCUT2D eigenvalue weighted by atomic mass is 127. The zero-order valence-corrected chi connectivity index (χ0v) is 9.17. The standard InChI is InChI=1S/C8H10O4.HI/c9-7(10)5-3-1-2-4-6(5)8(11)12;/h1,3,5-6H,2,4H2,(H,9,10)(H,11,12);1H. The Kier molecular flexibility index (Phi) is 4.97. The summed E-state index contributed by atoms with van der Waals surface area (Å²) in [6, 6.07) is 0. The highest BCUT2D eigenvalue weighted by Crippen LogP contribution is 2.24. The number of halogens is 1. The van der Waals surface area contributed by atoms with Crippen LogP contribution in [0.5, 0.6) is 0 Å². The molecule has 1 aliphatic carbocycles. The maximum atomic E-state index is 10.6. The Labute approximate surface area is 92.7 Å². The van der Waals surface area contributed by atoms with E-state index in [9.17, 15) is 9.59 Å². The van der Waals surface area contributed by atoms with Gasteiger partial charge in [0, 0.05) is 0 Å². The molecule has 1 rings (SSSR count). The lowest BCUT2D eigenvalue weighted by molar-refractivity contribution is -0.152. The Morgan fingerprint density at radius 1 is 1.23 bits per heavy atom. The molecule has 13 heavy (non-hydrogen) atoms. The minimum Gasteiger partial charge on any atom is -0.481 e. The van der Waals surface area contributed by atoms with Gasteiger partial charge in [-0.1, -0.05) is 12.2 Å². The quantitative estimate of drug-likeness (QED) is 0.596. The first kappa shape index (κ1) is 12.4. The summed E-state index contributed by atoms with van der Waals surface area (Å²) in [5.41, 5.74) is 0. The second-order valence-corrected chi connectivity index (χ2v) is 2.81. The van der Waals surface area contributed by atoms with Crippen molar-refractivity contribution in [3.05, 3.63) is 12.2 Å². The van der Waals surface area contributed by atoms with Crippen molar-refractivity contribution in [2.24, 2.45) is 11.8 Å². The van der Waals surface area contributed by atoms with E-state index in [1.165, 1.54) is 6.08 Å². The number of carbonyl (C=O) groups is 2. The third-order valence-electron chi connectivity index (χ3n) is 2.02.